The monoisotopic (exact) mass is 729 g/mol. The zero-order chi connectivity index (χ0) is 37.8. The molecule has 55 heavy (non-hydrogen) atoms. The Balaban J connectivity index is 1.20. The number of rotatable bonds is 8. The summed E-state index contributed by atoms with van der Waals surface area (Å²) in [4.78, 5) is 60.1. The Morgan fingerprint density at radius 3 is 2.13 bits per heavy atom. The number of aryl methyl sites for hydroxylation is 1. The van der Waals surface area contributed by atoms with Gasteiger partial charge in [0.05, 0.1) is 34.5 Å². The minimum Gasteiger partial charge on any atom is -0.508 e. The van der Waals surface area contributed by atoms with Crippen molar-refractivity contribution in [3.05, 3.63) is 167 Å². The molecule has 0 bridgehead atoms. The van der Waals surface area contributed by atoms with Crippen molar-refractivity contribution in [3.63, 3.8) is 0 Å². The van der Waals surface area contributed by atoms with Crippen molar-refractivity contribution >= 4 is 35.0 Å². The van der Waals surface area contributed by atoms with Gasteiger partial charge in [-0.2, -0.15) is 5.01 Å². The number of hydrazine groups is 1. The molecule has 6 unspecified atom stereocenters. The van der Waals surface area contributed by atoms with E-state index in [4.69, 9.17) is 4.74 Å². The highest BCUT2D eigenvalue weighted by Crippen LogP contribution is 2.65. The van der Waals surface area contributed by atoms with E-state index in [1.165, 1.54) is 4.90 Å². The van der Waals surface area contributed by atoms with Crippen molar-refractivity contribution in [1.82, 2.24) is 5.01 Å². The number of hydrogen-bond donors (Lipinski definition) is 2. The summed E-state index contributed by atoms with van der Waals surface area (Å²) in [6.45, 7) is 2.25. The number of nitrogens with one attached hydrogen (secondary N) is 1. The van der Waals surface area contributed by atoms with Crippen molar-refractivity contribution < 1.29 is 29.0 Å². The van der Waals surface area contributed by atoms with Gasteiger partial charge in [-0.15, -0.1) is 0 Å². The van der Waals surface area contributed by atoms with Crippen LogP contribution in [-0.2, 0) is 31.2 Å². The molecule has 2 N–H and O–H groups in total. The number of amides is 4. The molecule has 9 nitrogen and oxygen atoms in total. The molecule has 1 saturated carbocycles. The number of phenolic OH excluding ortho intramolecular Hbond substituents is 1. The molecule has 0 spiro atoms. The predicted octanol–water partition coefficient (Wildman–Crippen LogP) is 7.47. The van der Waals surface area contributed by atoms with Gasteiger partial charge in [-0.25, -0.2) is 0 Å². The molecule has 2 saturated heterocycles. The van der Waals surface area contributed by atoms with Crippen molar-refractivity contribution in [3.8, 4) is 11.5 Å². The fourth-order valence-corrected chi connectivity index (χ4v) is 9.52. The third kappa shape index (κ3) is 5.44. The van der Waals surface area contributed by atoms with Gasteiger partial charge in [0, 0.05) is 17.5 Å². The summed E-state index contributed by atoms with van der Waals surface area (Å²) in [6.07, 6.45) is 2.43. The Labute approximate surface area is 318 Å². The zero-order valence-electron chi connectivity index (χ0n) is 30.2. The van der Waals surface area contributed by atoms with Gasteiger partial charge in [-0.05, 0) is 67.1 Å². The molecule has 2 aliphatic heterocycles. The predicted molar refractivity (Wildman–Crippen MR) is 207 cm³/mol. The lowest BCUT2D eigenvalue weighted by Gasteiger charge is -2.50. The molecule has 0 aromatic heterocycles. The molecule has 5 aromatic carbocycles. The Morgan fingerprint density at radius 1 is 0.764 bits per heavy atom. The number of hydrogen-bond acceptors (Lipinski definition) is 7. The smallest absolute Gasteiger partial charge is 0.260 e. The normalized spacial score (nSPS) is 25.6. The highest BCUT2D eigenvalue weighted by molar-refractivity contribution is 6.22. The number of imide groups is 2. The van der Waals surface area contributed by atoms with Crippen LogP contribution in [0, 0.1) is 30.6 Å². The SMILES string of the molecule is Cc1ccc(NN2C(=O)C3CC4C(=CCC5C(=O)N(c6ccccc6)C(=O)C54)C(c4ccc(OCc5ccccc5)cc4O)C3(c3ccccc3)C2=O)cc1. The van der Waals surface area contributed by atoms with E-state index in [1.54, 1.807) is 42.5 Å². The van der Waals surface area contributed by atoms with Crippen LogP contribution in [0.3, 0.4) is 0 Å². The number of anilines is 2. The molecular formula is C46H39N3O6. The van der Waals surface area contributed by atoms with E-state index in [2.05, 4.69) is 5.43 Å². The number of benzene rings is 5. The highest BCUT2D eigenvalue weighted by atomic mass is 16.5. The van der Waals surface area contributed by atoms with E-state index < -0.39 is 46.8 Å². The van der Waals surface area contributed by atoms with E-state index in [9.17, 15) is 19.5 Å². The van der Waals surface area contributed by atoms with Crippen LogP contribution in [0.15, 0.2) is 145 Å². The van der Waals surface area contributed by atoms with E-state index in [1.807, 2.05) is 104 Å². The number of para-hydroxylation sites is 1. The van der Waals surface area contributed by atoms with E-state index in [0.717, 1.165) is 21.7 Å². The fraction of sp³-hybridized carbons (Fsp3) is 0.217. The average Bonchev–Trinajstić information content (AvgIpc) is 3.59. The molecule has 5 aromatic rings. The Morgan fingerprint density at radius 2 is 1.44 bits per heavy atom. The summed E-state index contributed by atoms with van der Waals surface area (Å²) in [5.41, 5.74) is 6.51. The summed E-state index contributed by atoms with van der Waals surface area (Å²) in [7, 11) is 0. The molecule has 3 fully saturated rings. The number of phenols is 1. The molecule has 9 heteroatoms. The van der Waals surface area contributed by atoms with Gasteiger partial charge in [0.25, 0.3) is 11.8 Å². The lowest BCUT2D eigenvalue weighted by Crippen LogP contribution is -2.53. The largest absolute Gasteiger partial charge is 0.508 e. The number of carbonyl (C=O) groups is 4. The van der Waals surface area contributed by atoms with Crippen LogP contribution in [0.4, 0.5) is 11.4 Å². The number of carbonyl (C=O) groups excluding carboxylic acids is 4. The maximum absolute atomic E-state index is 15.4. The van der Waals surface area contributed by atoms with Crippen molar-refractivity contribution in [2.45, 2.75) is 37.7 Å². The van der Waals surface area contributed by atoms with Gasteiger partial charge in [0.15, 0.2) is 0 Å². The molecule has 2 heterocycles. The van der Waals surface area contributed by atoms with Crippen molar-refractivity contribution in [2.24, 2.45) is 23.7 Å². The van der Waals surface area contributed by atoms with Crippen LogP contribution >= 0.6 is 0 Å². The number of fused-ring (bicyclic) bond motifs is 4. The first-order valence-electron chi connectivity index (χ1n) is 18.7. The van der Waals surface area contributed by atoms with Crippen molar-refractivity contribution in [1.29, 1.82) is 0 Å². The number of allylic oxidation sites excluding steroid dienone is 2. The summed E-state index contributed by atoms with van der Waals surface area (Å²) in [5.74, 6) is -4.86. The summed E-state index contributed by atoms with van der Waals surface area (Å²) in [6, 6.07) is 40.4. The number of nitrogens with zero attached hydrogens (tertiary/aromatic N) is 2. The van der Waals surface area contributed by atoms with Gasteiger partial charge in [0.1, 0.15) is 18.1 Å². The van der Waals surface area contributed by atoms with Gasteiger partial charge < -0.3 is 9.84 Å². The summed E-state index contributed by atoms with van der Waals surface area (Å²) < 4.78 is 6.08. The standard InChI is InChI=1S/C46H39N3O6/c1-28-17-19-31(20-18-28)47-49-43(52)38-26-37-34(23-24-36-40(37)44(53)48(42(36)51)32-15-9-4-10-16-32)41(46(38,45(49)54)30-13-7-3-8-14-30)35-22-21-33(25-39(35)50)55-27-29-11-5-2-6-12-29/h2-23,25,36-38,40-41,47,50H,24,26-27H2,1H3. The number of ether oxygens (including phenoxy) is 1. The first-order chi connectivity index (χ1) is 26.8. The molecule has 6 atom stereocenters. The second-order valence-corrected chi connectivity index (χ2v) is 14.9. The average molecular weight is 730 g/mol. The zero-order valence-corrected chi connectivity index (χ0v) is 30.2. The quantitative estimate of drug-likeness (QED) is 0.126. The fourth-order valence-electron chi connectivity index (χ4n) is 9.52. The molecule has 0 radical (unpaired) electrons. The first-order valence-corrected chi connectivity index (χ1v) is 18.7. The van der Waals surface area contributed by atoms with Crippen LogP contribution in [0.5, 0.6) is 11.5 Å². The van der Waals surface area contributed by atoms with Gasteiger partial charge in [-0.1, -0.05) is 114 Å². The lowest BCUT2D eigenvalue weighted by atomic mass is 9.49. The Bertz CT molecular complexity index is 2350. The number of aromatic hydroxyl groups is 1. The van der Waals surface area contributed by atoms with Crippen LogP contribution in [0.1, 0.15) is 41.0 Å². The summed E-state index contributed by atoms with van der Waals surface area (Å²) >= 11 is 0. The minimum atomic E-state index is -1.50. The van der Waals surface area contributed by atoms with Crippen LogP contribution in [-0.4, -0.2) is 33.7 Å². The van der Waals surface area contributed by atoms with Crippen LogP contribution < -0.4 is 15.1 Å². The molecule has 2 aliphatic carbocycles. The molecule has 274 valence electrons. The van der Waals surface area contributed by atoms with Gasteiger partial charge >= 0.3 is 0 Å². The van der Waals surface area contributed by atoms with E-state index in [-0.39, 0.29) is 37.0 Å². The first kappa shape index (κ1) is 34.3. The molecule has 4 aliphatic rings. The van der Waals surface area contributed by atoms with Crippen molar-refractivity contribution in [2.75, 3.05) is 10.3 Å². The topological polar surface area (TPSA) is 116 Å². The second-order valence-electron chi connectivity index (χ2n) is 14.9. The van der Waals surface area contributed by atoms with E-state index >= 15 is 4.79 Å². The second kappa shape index (κ2) is 13.4. The van der Waals surface area contributed by atoms with Gasteiger partial charge in [-0.3, -0.25) is 29.5 Å². The third-order valence-corrected chi connectivity index (χ3v) is 12.0. The molecule has 4 amide bonds. The maximum Gasteiger partial charge on any atom is 0.260 e. The third-order valence-electron chi connectivity index (χ3n) is 12.0. The van der Waals surface area contributed by atoms with Crippen LogP contribution in [0.2, 0.25) is 0 Å². The minimum absolute atomic E-state index is 0.0989. The van der Waals surface area contributed by atoms with E-state index in [0.29, 0.717) is 28.3 Å². The Kier molecular flexibility index (Phi) is 8.37. The Hall–Kier alpha value is -6.48. The molecule has 9 rings (SSSR count). The maximum atomic E-state index is 15.4. The van der Waals surface area contributed by atoms with Gasteiger partial charge in [0.2, 0.25) is 11.8 Å². The summed E-state index contributed by atoms with van der Waals surface area (Å²) in [5, 5.41) is 13.1. The molecular weight excluding hydrogens is 691 g/mol. The lowest BCUT2D eigenvalue weighted by molar-refractivity contribution is -0.138. The highest BCUT2D eigenvalue weighted by Gasteiger charge is 2.70. The van der Waals surface area contributed by atoms with Crippen LogP contribution in [0.25, 0.3) is 0 Å².